The summed E-state index contributed by atoms with van der Waals surface area (Å²) in [4.78, 5) is 26.2. The van der Waals surface area contributed by atoms with Gasteiger partial charge in [-0.25, -0.2) is 0 Å². The maximum Gasteiger partial charge on any atom is 0.254 e. The lowest BCUT2D eigenvalue weighted by Gasteiger charge is -2.40. The molecule has 1 atom stereocenters. The maximum atomic E-state index is 12.3. The van der Waals surface area contributed by atoms with Gasteiger partial charge in [0.05, 0.1) is 0 Å². The number of hydrogen-bond donors (Lipinski definition) is 1. The van der Waals surface area contributed by atoms with Crippen molar-refractivity contribution in [3.05, 3.63) is 35.9 Å². The Balaban J connectivity index is 1.61. The lowest BCUT2D eigenvalue weighted by Crippen LogP contribution is -2.59. The van der Waals surface area contributed by atoms with Crippen LogP contribution in [0.3, 0.4) is 0 Å². The third-order valence-corrected chi connectivity index (χ3v) is 4.31. The van der Waals surface area contributed by atoms with Crippen molar-refractivity contribution in [3.63, 3.8) is 0 Å². The summed E-state index contributed by atoms with van der Waals surface area (Å²) >= 11 is 0. The van der Waals surface area contributed by atoms with Crippen molar-refractivity contribution in [2.45, 2.75) is 44.2 Å². The minimum atomic E-state index is -0.275. The van der Waals surface area contributed by atoms with Crippen LogP contribution in [0.2, 0.25) is 0 Å². The van der Waals surface area contributed by atoms with Gasteiger partial charge < -0.3 is 10.2 Å². The standard InChI is InChI=1S/C16H20N2O2/c19-15(17-13-8-4-5-9-13)14-10-11-18(14)16(20)12-6-2-1-3-7-12/h1-3,6-7,13-14H,4-5,8-11H2,(H,17,19)/t14-/m0/s1. The van der Waals surface area contributed by atoms with Crippen molar-refractivity contribution < 1.29 is 9.59 Å². The lowest BCUT2D eigenvalue weighted by atomic mass is 9.99. The van der Waals surface area contributed by atoms with E-state index in [1.54, 1.807) is 17.0 Å². The number of likely N-dealkylation sites (tertiary alicyclic amines) is 1. The third kappa shape index (κ3) is 2.55. The van der Waals surface area contributed by atoms with E-state index in [9.17, 15) is 9.59 Å². The van der Waals surface area contributed by atoms with Gasteiger partial charge in [0.2, 0.25) is 5.91 Å². The summed E-state index contributed by atoms with van der Waals surface area (Å²) in [5, 5.41) is 3.08. The molecule has 0 aromatic heterocycles. The van der Waals surface area contributed by atoms with Crippen molar-refractivity contribution in [1.29, 1.82) is 0 Å². The van der Waals surface area contributed by atoms with Gasteiger partial charge >= 0.3 is 0 Å². The van der Waals surface area contributed by atoms with E-state index < -0.39 is 0 Å². The number of benzene rings is 1. The van der Waals surface area contributed by atoms with Gasteiger partial charge in [0, 0.05) is 18.2 Å². The average molecular weight is 272 g/mol. The molecule has 1 aromatic carbocycles. The molecule has 4 heteroatoms. The molecule has 3 rings (SSSR count). The monoisotopic (exact) mass is 272 g/mol. The van der Waals surface area contributed by atoms with E-state index in [2.05, 4.69) is 5.32 Å². The number of hydrogen-bond acceptors (Lipinski definition) is 2. The van der Waals surface area contributed by atoms with Crippen molar-refractivity contribution in [3.8, 4) is 0 Å². The number of nitrogens with one attached hydrogen (secondary N) is 1. The van der Waals surface area contributed by atoms with Crippen LogP contribution in [0.25, 0.3) is 0 Å². The van der Waals surface area contributed by atoms with Gasteiger partial charge in [-0.05, 0) is 31.4 Å². The first-order chi connectivity index (χ1) is 9.75. The zero-order chi connectivity index (χ0) is 13.9. The normalized spacial score (nSPS) is 22.4. The minimum absolute atomic E-state index is 0.0208. The van der Waals surface area contributed by atoms with Crippen LogP contribution in [0.5, 0.6) is 0 Å². The summed E-state index contributed by atoms with van der Waals surface area (Å²) in [6, 6.07) is 9.22. The molecule has 2 fully saturated rings. The Morgan fingerprint density at radius 1 is 1.05 bits per heavy atom. The number of carbonyl (C=O) groups is 2. The molecule has 0 spiro atoms. The van der Waals surface area contributed by atoms with Gasteiger partial charge in [-0.15, -0.1) is 0 Å². The van der Waals surface area contributed by atoms with Crippen LogP contribution in [0.15, 0.2) is 30.3 Å². The molecule has 0 unspecified atom stereocenters. The van der Waals surface area contributed by atoms with Crippen LogP contribution >= 0.6 is 0 Å². The highest BCUT2D eigenvalue weighted by atomic mass is 16.2. The molecule has 2 amide bonds. The van der Waals surface area contributed by atoms with Crippen molar-refractivity contribution >= 4 is 11.8 Å². The molecular formula is C16H20N2O2. The van der Waals surface area contributed by atoms with Crippen molar-refractivity contribution in [2.75, 3.05) is 6.54 Å². The molecule has 2 aliphatic rings. The molecule has 1 N–H and O–H groups in total. The molecule has 1 saturated heterocycles. The van der Waals surface area contributed by atoms with Crippen LogP contribution in [0, 0.1) is 0 Å². The van der Waals surface area contributed by atoms with Crippen molar-refractivity contribution in [2.24, 2.45) is 0 Å². The number of amides is 2. The average Bonchev–Trinajstić information content (AvgIpc) is 2.91. The Kier molecular flexibility index (Phi) is 3.72. The van der Waals surface area contributed by atoms with Crippen LogP contribution in [0.1, 0.15) is 42.5 Å². The molecule has 0 radical (unpaired) electrons. The number of rotatable bonds is 3. The summed E-state index contributed by atoms with van der Waals surface area (Å²) in [6.45, 7) is 0.677. The quantitative estimate of drug-likeness (QED) is 0.914. The Labute approximate surface area is 119 Å². The molecule has 1 aliphatic heterocycles. The predicted molar refractivity (Wildman–Crippen MR) is 76.3 cm³/mol. The minimum Gasteiger partial charge on any atom is -0.352 e. The van der Waals surface area contributed by atoms with Gasteiger partial charge in [-0.2, -0.15) is 0 Å². The molecule has 1 aliphatic carbocycles. The summed E-state index contributed by atoms with van der Waals surface area (Å²) in [5.74, 6) is -0.0177. The fourth-order valence-electron chi connectivity index (χ4n) is 3.02. The Hall–Kier alpha value is -1.84. The van der Waals surface area contributed by atoms with E-state index in [1.807, 2.05) is 18.2 Å². The first-order valence-electron chi connectivity index (χ1n) is 7.42. The highest BCUT2D eigenvalue weighted by Crippen LogP contribution is 2.23. The fourth-order valence-corrected chi connectivity index (χ4v) is 3.02. The molecule has 0 bridgehead atoms. The molecule has 1 saturated carbocycles. The largest absolute Gasteiger partial charge is 0.352 e. The summed E-state index contributed by atoms with van der Waals surface area (Å²) in [7, 11) is 0. The Bertz CT molecular complexity index is 494. The van der Waals surface area contributed by atoms with Gasteiger partial charge in [-0.3, -0.25) is 9.59 Å². The Morgan fingerprint density at radius 3 is 2.35 bits per heavy atom. The Morgan fingerprint density at radius 2 is 1.75 bits per heavy atom. The van der Waals surface area contributed by atoms with Gasteiger partial charge in [0.25, 0.3) is 5.91 Å². The molecule has 1 heterocycles. The predicted octanol–water partition coefficient (Wildman–Crippen LogP) is 1.96. The van der Waals surface area contributed by atoms with Crippen LogP contribution in [-0.4, -0.2) is 35.3 Å². The summed E-state index contributed by atoms with van der Waals surface area (Å²) in [5.41, 5.74) is 0.658. The second kappa shape index (κ2) is 5.65. The second-order valence-corrected chi connectivity index (χ2v) is 5.66. The van der Waals surface area contributed by atoms with E-state index in [1.165, 1.54) is 12.8 Å². The molecular weight excluding hydrogens is 252 g/mol. The van der Waals surface area contributed by atoms with Gasteiger partial charge in [0.15, 0.2) is 0 Å². The van der Waals surface area contributed by atoms with E-state index in [0.29, 0.717) is 18.2 Å². The smallest absolute Gasteiger partial charge is 0.254 e. The zero-order valence-electron chi connectivity index (χ0n) is 11.5. The van der Waals surface area contributed by atoms with Crippen molar-refractivity contribution in [1.82, 2.24) is 10.2 Å². The zero-order valence-corrected chi connectivity index (χ0v) is 11.5. The first-order valence-corrected chi connectivity index (χ1v) is 7.42. The summed E-state index contributed by atoms with van der Waals surface area (Å²) in [6.07, 6.45) is 5.32. The van der Waals surface area contributed by atoms with Gasteiger partial charge in [0.1, 0.15) is 6.04 Å². The van der Waals surface area contributed by atoms with E-state index in [-0.39, 0.29) is 17.9 Å². The summed E-state index contributed by atoms with van der Waals surface area (Å²) < 4.78 is 0. The van der Waals surface area contributed by atoms with E-state index in [4.69, 9.17) is 0 Å². The highest BCUT2D eigenvalue weighted by molar-refractivity contribution is 5.98. The molecule has 20 heavy (non-hydrogen) atoms. The molecule has 1 aromatic rings. The second-order valence-electron chi connectivity index (χ2n) is 5.66. The lowest BCUT2D eigenvalue weighted by molar-refractivity contribution is -0.129. The highest BCUT2D eigenvalue weighted by Gasteiger charge is 2.38. The SMILES string of the molecule is O=C(NC1CCCC1)[C@@H]1CCN1C(=O)c1ccccc1. The van der Waals surface area contributed by atoms with Crippen LogP contribution in [-0.2, 0) is 4.79 Å². The van der Waals surface area contributed by atoms with E-state index in [0.717, 1.165) is 19.3 Å². The van der Waals surface area contributed by atoms with Crippen LogP contribution < -0.4 is 5.32 Å². The van der Waals surface area contributed by atoms with E-state index >= 15 is 0 Å². The van der Waals surface area contributed by atoms with Gasteiger partial charge in [-0.1, -0.05) is 31.0 Å². The number of nitrogens with zero attached hydrogens (tertiary/aromatic N) is 1. The maximum absolute atomic E-state index is 12.3. The molecule has 106 valence electrons. The number of carbonyl (C=O) groups excluding carboxylic acids is 2. The van der Waals surface area contributed by atoms with Crippen LogP contribution in [0.4, 0.5) is 0 Å². The first kappa shape index (κ1) is 13.2. The fraction of sp³-hybridized carbons (Fsp3) is 0.500. The molecule has 4 nitrogen and oxygen atoms in total. The third-order valence-electron chi connectivity index (χ3n) is 4.31. The topological polar surface area (TPSA) is 49.4 Å².